The monoisotopic (exact) mass is 325 g/mol. The first-order valence-corrected chi connectivity index (χ1v) is 7.04. The highest BCUT2D eigenvalue weighted by atomic mass is 79.9. The van der Waals surface area contributed by atoms with Crippen molar-refractivity contribution in [3.8, 4) is 0 Å². The van der Waals surface area contributed by atoms with Gasteiger partial charge >= 0.3 is 5.97 Å². The van der Waals surface area contributed by atoms with Crippen LogP contribution in [0.3, 0.4) is 0 Å². The maximum atomic E-state index is 12.2. The van der Waals surface area contributed by atoms with Crippen LogP contribution in [0.5, 0.6) is 0 Å². The van der Waals surface area contributed by atoms with Crippen molar-refractivity contribution in [2.75, 3.05) is 19.1 Å². The maximum absolute atomic E-state index is 12.2. The molecule has 1 fully saturated rings. The van der Waals surface area contributed by atoms with Crippen LogP contribution in [0.25, 0.3) is 0 Å². The number of esters is 1. The first-order chi connectivity index (χ1) is 9.02. The van der Waals surface area contributed by atoms with Crippen molar-refractivity contribution < 1.29 is 14.3 Å². The van der Waals surface area contributed by atoms with Crippen LogP contribution in [-0.4, -0.2) is 30.9 Å². The smallest absolute Gasteiger partial charge is 0.337 e. The van der Waals surface area contributed by atoms with E-state index in [9.17, 15) is 9.59 Å². The summed E-state index contributed by atoms with van der Waals surface area (Å²) >= 11 is 3.49. The summed E-state index contributed by atoms with van der Waals surface area (Å²) in [6, 6.07) is 6.85. The molecule has 102 valence electrons. The van der Waals surface area contributed by atoms with E-state index >= 15 is 0 Å². The van der Waals surface area contributed by atoms with E-state index in [1.165, 1.54) is 7.11 Å². The summed E-state index contributed by atoms with van der Waals surface area (Å²) in [6.45, 7) is 0. The van der Waals surface area contributed by atoms with E-state index in [4.69, 9.17) is 0 Å². The highest BCUT2D eigenvalue weighted by Gasteiger charge is 2.34. The van der Waals surface area contributed by atoms with Crippen molar-refractivity contribution in [2.45, 2.75) is 17.7 Å². The Kier molecular flexibility index (Phi) is 4.24. The fourth-order valence-electron chi connectivity index (χ4n) is 2.09. The van der Waals surface area contributed by atoms with Crippen LogP contribution in [0.1, 0.15) is 23.2 Å². The van der Waals surface area contributed by atoms with Gasteiger partial charge in [0.25, 0.3) is 0 Å². The van der Waals surface area contributed by atoms with E-state index < -0.39 is 0 Å². The van der Waals surface area contributed by atoms with E-state index in [2.05, 4.69) is 20.7 Å². The van der Waals surface area contributed by atoms with E-state index in [0.717, 1.165) is 18.5 Å². The number of nitrogens with zero attached hydrogens (tertiary/aromatic N) is 1. The second-order valence-corrected chi connectivity index (χ2v) is 6.00. The molecule has 0 spiro atoms. The summed E-state index contributed by atoms with van der Waals surface area (Å²) in [7, 11) is 3.11. The van der Waals surface area contributed by atoms with Gasteiger partial charge in [-0.05, 0) is 37.1 Å². The molecule has 1 aromatic carbocycles. The molecule has 1 amide bonds. The normalized spacial score (nSPS) is 21.4. The number of halogens is 1. The van der Waals surface area contributed by atoms with Crippen LogP contribution in [0, 0.1) is 5.92 Å². The van der Waals surface area contributed by atoms with Gasteiger partial charge in [0.2, 0.25) is 5.91 Å². The highest BCUT2D eigenvalue weighted by Crippen LogP contribution is 2.35. The Balaban J connectivity index is 2.05. The molecule has 19 heavy (non-hydrogen) atoms. The number of hydrogen-bond acceptors (Lipinski definition) is 3. The van der Waals surface area contributed by atoms with Gasteiger partial charge in [-0.1, -0.05) is 15.9 Å². The molecule has 1 aliphatic rings. The Hall–Kier alpha value is -1.36. The Bertz CT molecular complexity index is 480. The van der Waals surface area contributed by atoms with Gasteiger partial charge in [0.05, 0.1) is 12.7 Å². The molecule has 0 radical (unpaired) electrons. The van der Waals surface area contributed by atoms with Crippen molar-refractivity contribution in [3.63, 3.8) is 0 Å². The molecule has 0 N–H and O–H groups in total. The number of carbonyl (C=O) groups excluding carboxylic acids is 2. The third kappa shape index (κ3) is 2.97. The van der Waals surface area contributed by atoms with Gasteiger partial charge in [-0.15, -0.1) is 0 Å². The zero-order valence-electron chi connectivity index (χ0n) is 10.9. The molecule has 2 rings (SSSR count). The van der Waals surface area contributed by atoms with Gasteiger partial charge in [0.15, 0.2) is 0 Å². The number of rotatable bonds is 3. The summed E-state index contributed by atoms with van der Waals surface area (Å²) in [5.74, 6) is -0.141. The first kappa shape index (κ1) is 14.1. The molecule has 0 unspecified atom stereocenters. The molecule has 1 aliphatic carbocycles. The fourth-order valence-corrected chi connectivity index (χ4v) is 2.99. The summed E-state index contributed by atoms with van der Waals surface area (Å²) in [6.07, 6.45) is 1.78. The van der Waals surface area contributed by atoms with Crippen molar-refractivity contribution in [1.82, 2.24) is 0 Å². The van der Waals surface area contributed by atoms with Gasteiger partial charge in [0, 0.05) is 23.5 Å². The predicted molar refractivity (Wildman–Crippen MR) is 76.6 cm³/mol. The largest absolute Gasteiger partial charge is 0.465 e. The molecule has 0 aromatic heterocycles. The Morgan fingerprint density at radius 2 is 1.84 bits per heavy atom. The minimum Gasteiger partial charge on any atom is -0.465 e. The molecule has 0 atom stereocenters. The van der Waals surface area contributed by atoms with E-state index in [0.29, 0.717) is 10.4 Å². The maximum Gasteiger partial charge on any atom is 0.337 e. The third-order valence-electron chi connectivity index (χ3n) is 3.44. The third-order valence-corrected chi connectivity index (χ3v) is 4.18. The first-order valence-electron chi connectivity index (χ1n) is 6.13. The number of methoxy groups -OCH3 is 1. The molecule has 5 heteroatoms. The lowest BCUT2D eigenvalue weighted by atomic mass is 9.84. The second kappa shape index (κ2) is 5.74. The van der Waals surface area contributed by atoms with Crippen molar-refractivity contribution in [3.05, 3.63) is 29.8 Å². The zero-order chi connectivity index (χ0) is 14.0. The van der Waals surface area contributed by atoms with Crippen LogP contribution in [0.15, 0.2) is 24.3 Å². The summed E-state index contributed by atoms with van der Waals surface area (Å²) in [4.78, 5) is 25.6. The van der Waals surface area contributed by atoms with Crippen LogP contribution in [0.4, 0.5) is 5.69 Å². The second-order valence-electron chi connectivity index (χ2n) is 4.70. The van der Waals surface area contributed by atoms with Gasteiger partial charge in [-0.25, -0.2) is 4.79 Å². The molecule has 4 nitrogen and oxygen atoms in total. The van der Waals surface area contributed by atoms with E-state index in [-0.39, 0.29) is 17.8 Å². The van der Waals surface area contributed by atoms with Crippen LogP contribution in [-0.2, 0) is 9.53 Å². The number of carbonyl (C=O) groups is 2. The molecule has 0 aliphatic heterocycles. The SMILES string of the molecule is COC(=O)c1ccc(N(C)C(=O)C2CC(Br)C2)cc1. The lowest BCUT2D eigenvalue weighted by Gasteiger charge is -2.33. The molecule has 1 aromatic rings. The van der Waals surface area contributed by atoms with Gasteiger partial charge in [-0.3, -0.25) is 4.79 Å². The minimum absolute atomic E-state index is 0.106. The number of amides is 1. The number of hydrogen-bond donors (Lipinski definition) is 0. The summed E-state index contributed by atoms with van der Waals surface area (Å²) in [5.41, 5.74) is 1.27. The molecular weight excluding hydrogens is 310 g/mol. The molecule has 0 saturated heterocycles. The van der Waals surface area contributed by atoms with Crippen molar-refractivity contribution in [2.24, 2.45) is 5.92 Å². The number of anilines is 1. The van der Waals surface area contributed by atoms with E-state index in [1.54, 1.807) is 36.2 Å². The van der Waals surface area contributed by atoms with E-state index in [1.807, 2.05) is 0 Å². The van der Waals surface area contributed by atoms with Crippen LogP contribution < -0.4 is 4.90 Å². The van der Waals surface area contributed by atoms with Crippen molar-refractivity contribution >= 4 is 33.5 Å². The zero-order valence-corrected chi connectivity index (χ0v) is 12.5. The minimum atomic E-state index is -0.373. The van der Waals surface area contributed by atoms with Gasteiger partial charge in [0.1, 0.15) is 0 Å². The Morgan fingerprint density at radius 1 is 1.26 bits per heavy atom. The highest BCUT2D eigenvalue weighted by molar-refractivity contribution is 9.09. The lowest BCUT2D eigenvalue weighted by molar-refractivity contribution is -0.124. The van der Waals surface area contributed by atoms with Crippen LogP contribution >= 0.6 is 15.9 Å². The average molecular weight is 326 g/mol. The standard InChI is InChI=1S/C14H16BrNO3/c1-16(13(17)10-7-11(15)8-10)12-5-3-9(4-6-12)14(18)19-2/h3-6,10-11H,7-8H2,1-2H3. The summed E-state index contributed by atoms with van der Waals surface area (Å²) < 4.78 is 4.64. The number of ether oxygens (including phenoxy) is 1. The number of alkyl halides is 1. The lowest BCUT2D eigenvalue weighted by Crippen LogP contribution is -2.40. The average Bonchev–Trinajstić information content (AvgIpc) is 2.41. The molecular formula is C14H16BrNO3. The topological polar surface area (TPSA) is 46.6 Å². The summed E-state index contributed by atoms with van der Waals surface area (Å²) in [5, 5.41) is 0. The Morgan fingerprint density at radius 3 is 2.32 bits per heavy atom. The van der Waals surface area contributed by atoms with Crippen molar-refractivity contribution in [1.29, 1.82) is 0 Å². The quantitative estimate of drug-likeness (QED) is 0.634. The van der Waals surface area contributed by atoms with Gasteiger partial charge < -0.3 is 9.64 Å². The Labute approximate surface area is 120 Å². The molecule has 0 heterocycles. The molecule has 0 bridgehead atoms. The molecule has 1 saturated carbocycles. The fraction of sp³-hybridized carbons (Fsp3) is 0.429. The number of benzene rings is 1. The van der Waals surface area contributed by atoms with Crippen LogP contribution in [0.2, 0.25) is 0 Å². The van der Waals surface area contributed by atoms with Gasteiger partial charge in [-0.2, -0.15) is 0 Å². The predicted octanol–water partition coefficient (Wildman–Crippen LogP) is 2.61.